The molecule has 0 saturated heterocycles. The van der Waals surface area contributed by atoms with Crippen molar-refractivity contribution in [3.8, 4) is 18.4 Å². The number of carbonyl (C=O) groups is 1. The Labute approximate surface area is 78.1 Å². The van der Waals surface area contributed by atoms with Crippen LogP contribution in [0.25, 0.3) is 0 Å². The van der Waals surface area contributed by atoms with Crippen molar-refractivity contribution >= 4 is 5.91 Å². The van der Waals surface area contributed by atoms with Crippen molar-refractivity contribution in [2.24, 2.45) is 5.73 Å². The SMILES string of the molecule is C#CCC(N)C(=O)NC(C)CC#N. The first-order chi connectivity index (χ1) is 6.11. The first-order valence-corrected chi connectivity index (χ1v) is 3.98. The average Bonchev–Trinajstić information content (AvgIpc) is 2.05. The van der Waals surface area contributed by atoms with E-state index in [0.29, 0.717) is 0 Å². The Balaban J connectivity index is 3.88. The van der Waals surface area contributed by atoms with Gasteiger partial charge in [0, 0.05) is 12.5 Å². The van der Waals surface area contributed by atoms with E-state index < -0.39 is 6.04 Å². The van der Waals surface area contributed by atoms with Crippen LogP contribution < -0.4 is 11.1 Å². The van der Waals surface area contributed by atoms with Crippen molar-refractivity contribution in [3.05, 3.63) is 0 Å². The van der Waals surface area contributed by atoms with Crippen LogP contribution in [0.4, 0.5) is 0 Å². The Bertz CT molecular complexity index is 249. The van der Waals surface area contributed by atoms with Crippen molar-refractivity contribution in [2.45, 2.75) is 31.8 Å². The Morgan fingerprint density at radius 1 is 1.69 bits per heavy atom. The molecule has 0 aromatic rings. The Morgan fingerprint density at radius 2 is 2.31 bits per heavy atom. The number of nitrogens with zero attached hydrogens (tertiary/aromatic N) is 1. The van der Waals surface area contributed by atoms with Gasteiger partial charge >= 0.3 is 0 Å². The number of hydrogen-bond acceptors (Lipinski definition) is 3. The lowest BCUT2D eigenvalue weighted by atomic mass is 10.2. The number of amides is 1. The van der Waals surface area contributed by atoms with E-state index in [4.69, 9.17) is 17.4 Å². The number of carbonyl (C=O) groups excluding carboxylic acids is 1. The minimum Gasteiger partial charge on any atom is -0.351 e. The zero-order chi connectivity index (χ0) is 10.3. The zero-order valence-electron chi connectivity index (χ0n) is 7.58. The third-order valence-electron chi connectivity index (χ3n) is 1.46. The molecule has 0 aliphatic rings. The van der Waals surface area contributed by atoms with E-state index in [1.165, 1.54) is 0 Å². The van der Waals surface area contributed by atoms with Gasteiger partial charge in [-0.15, -0.1) is 12.3 Å². The van der Waals surface area contributed by atoms with Gasteiger partial charge in [-0.3, -0.25) is 4.79 Å². The van der Waals surface area contributed by atoms with Gasteiger partial charge in [0.2, 0.25) is 5.91 Å². The monoisotopic (exact) mass is 179 g/mol. The van der Waals surface area contributed by atoms with Crippen LogP contribution in [0.5, 0.6) is 0 Å². The predicted octanol–water partition coefficient (Wildman–Crippen LogP) is -0.245. The van der Waals surface area contributed by atoms with Crippen molar-refractivity contribution in [2.75, 3.05) is 0 Å². The predicted molar refractivity (Wildman–Crippen MR) is 49.3 cm³/mol. The Kier molecular flexibility index (Phi) is 5.34. The molecule has 0 aliphatic heterocycles. The summed E-state index contributed by atoms with van der Waals surface area (Å²) in [4.78, 5) is 11.2. The lowest BCUT2D eigenvalue weighted by Crippen LogP contribution is -2.44. The molecule has 0 bridgehead atoms. The van der Waals surface area contributed by atoms with Gasteiger partial charge in [0.15, 0.2) is 0 Å². The molecule has 4 nitrogen and oxygen atoms in total. The van der Waals surface area contributed by atoms with E-state index in [2.05, 4.69) is 11.2 Å². The summed E-state index contributed by atoms with van der Waals surface area (Å²) in [6.45, 7) is 1.74. The molecule has 0 saturated carbocycles. The molecule has 2 atom stereocenters. The standard InChI is InChI=1S/C9H13N3O/c1-3-4-8(11)9(13)12-7(2)5-6-10/h1,7-8H,4-5,11H2,2H3,(H,12,13). The highest BCUT2D eigenvalue weighted by atomic mass is 16.2. The maximum absolute atomic E-state index is 11.2. The zero-order valence-corrected chi connectivity index (χ0v) is 7.58. The lowest BCUT2D eigenvalue weighted by molar-refractivity contribution is -0.122. The summed E-state index contributed by atoms with van der Waals surface area (Å²) < 4.78 is 0. The van der Waals surface area contributed by atoms with Gasteiger partial charge in [0.05, 0.1) is 18.5 Å². The minimum atomic E-state index is -0.675. The fraction of sp³-hybridized carbons (Fsp3) is 0.556. The molecule has 0 aromatic heterocycles. The normalized spacial score (nSPS) is 13.5. The third kappa shape index (κ3) is 4.84. The van der Waals surface area contributed by atoms with Gasteiger partial charge in [0.1, 0.15) is 0 Å². The second kappa shape index (κ2) is 6.05. The number of nitrogens with one attached hydrogen (secondary N) is 1. The Morgan fingerprint density at radius 3 is 2.77 bits per heavy atom. The summed E-state index contributed by atoms with van der Waals surface area (Å²) in [5, 5.41) is 10.9. The van der Waals surface area contributed by atoms with Gasteiger partial charge < -0.3 is 11.1 Å². The molecule has 0 radical (unpaired) electrons. The molecule has 0 rings (SSSR count). The number of nitriles is 1. The second-order valence-corrected chi connectivity index (χ2v) is 2.79. The van der Waals surface area contributed by atoms with Gasteiger partial charge in [-0.2, -0.15) is 5.26 Å². The molecule has 3 N–H and O–H groups in total. The van der Waals surface area contributed by atoms with Gasteiger partial charge in [-0.25, -0.2) is 0 Å². The van der Waals surface area contributed by atoms with Crippen molar-refractivity contribution < 1.29 is 4.79 Å². The molecule has 70 valence electrons. The summed E-state index contributed by atoms with van der Waals surface area (Å²) in [6.07, 6.45) is 5.48. The van der Waals surface area contributed by atoms with E-state index in [1.807, 2.05) is 6.07 Å². The van der Waals surface area contributed by atoms with Crippen molar-refractivity contribution in [1.82, 2.24) is 5.32 Å². The molecule has 1 amide bonds. The highest BCUT2D eigenvalue weighted by Crippen LogP contribution is 1.91. The van der Waals surface area contributed by atoms with Crippen LogP contribution in [0.1, 0.15) is 19.8 Å². The first kappa shape index (κ1) is 11.5. The molecule has 13 heavy (non-hydrogen) atoms. The Hall–Kier alpha value is -1.52. The molecular weight excluding hydrogens is 166 g/mol. The number of hydrogen-bond donors (Lipinski definition) is 2. The summed E-state index contributed by atoms with van der Waals surface area (Å²) in [7, 11) is 0. The number of rotatable bonds is 4. The molecule has 2 unspecified atom stereocenters. The summed E-state index contributed by atoms with van der Waals surface area (Å²) in [5.74, 6) is 2.00. The maximum Gasteiger partial charge on any atom is 0.238 e. The average molecular weight is 179 g/mol. The van der Waals surface area contributed by atoms with Crippen LogP contribution >= 0.6 is 0 Å². The van der Waals surface area contributed by atoms with Crippen LogP contribution in [0.2, 0.25) is 0 Å². The van der Waals surface area contributed by atoms with Gasteiger partial charge in [0.25, 0.3) is 0 Å². The smallest absolute Gasteiger partial charge is 0.238 e. The molecule has 0 aliphatic carbocycles. The fourth-order valence-corrected chi connectivity index (χ4v) is 0.758. The summed E-state index contributed by atoms with van der Waals surface area (Å²) in [5.41, 5.74) is 5.43. The van der Waals surface area contributed by atoms with E-state index in [9.17, 15) is 4.79 Å². The minimum absolute atomic E-state index is 0.179. The highest BCUT2D eigenvalue weighted by molar-refractivity contribution is 5.82. The summed E-state index contributed by atoms with van der Waals surface area (Å²) in [6, 6.07) is 1.09. The number of nitrogens with two attached hydrogens (primary N) is 1. The van der Waals surface area contributed by atoms with Crippen LogP contribution in [0.3, 0.4) is 0 Å². The van der Waals surface area contributed by atoms with Crippen molar-refractivity contribution in [1.29, 1.82) is 5.26 Å². The largest absolute Gasteiger partial charge is 0.351 e. The van der Waals surface area contributed by atoms with Crippen LogP contribution in [-0.2, 0) is 4.79 Å². The topological polar surface area (TPSA) is 78.9 Å². The third-order valence-corrected chi connectivity index (χ3v) is 1.46. The lowest BCUT2D eigenvalue weighted by Gasteiger charge is -2.13. The van der Waals surface area contributed by atoms with E-state index in [1.54, 1.807) is 6.92 Å². The quantitative estimate of drug-likeness (QED) is 0.584. The first-order valence-electron chi connectivity index (χ1n) is 3.98. The number of terminal acetylenes is 1. The van der Waals surface area contributed by atoms with Gasteiger partial charge in [-0.1, -0.05) is 0 Å². The van der Waals surface area contributed by atoms with E-state index >= 15 is 0 Å². The molecule has 0 spiro atoms. The molecular formula is C9H13N3O. The van der Waals surface area contributed by atoms with Crippen molar-refractivity contribution in [3.63, 3.8) is 0 Å². The highest BCUT2D eigenvalue weighted by Gasteiger charge is 2.13. The van der Waals surface area contributed by atoms with Crippen LogP contribution in [-0.4, -0.2) is 18.0 Å². The van der Waals surface area contributed by atoms with Crippen LogP contribution in [0.15, 0.2) is 0 Å². The molecule has 4 heteroatoms. The second-order valence-electron chi connectivity index (χ2n) is 2.79. The van der Waals surface area contributed by atoms with Gasteiger partial charge in [-0.05, 0) is 6.92 Å². The van der Waals surface area contributed by atoms with E-state index in [-0.39, 0.29) is 24.8 Å². The molecule has 0 aromatic carbocycles. The summed E-state index contributed by atoms with van der Waals surface area (Å²) >= 11 is 0. The van der Waals surface area contributed by atoms with E-state index in [0.717, 1.165) is 0 Å². The van der Waals surface area contributed by atoms with Crippen LogP contribution in [0, 0.1) is 23.7 Å². The molecule has 0 heterocycles. The maximum atomic E-state index is 11.2. The molecule has 0 fully saturated rings. The fourth-order valence-electron chi connectivity index (χ4n) is 0.758.